The predicted molar refractivity (Wildman–Crippen MR) is 224 cm³/mol. The minimum atomic E-state index is 0.563. The fourth-order valence-corrected chi connectivity index (χ4v) is 8.88. The zero-order chi connectivity index (χ0) is 36.6. The lowest BCUT2D eigenvalue weighted by atomic mass is 9.98. The third-order valence-electron chi connectivity index (χ3n) is 11.1. The van der Waals surface area contributed by atoms with E-state index in [-0.39, 0.29) is 0 Å². The van der Waals surface area contributed by atoms with E-state index in [9.17, 15) is 10.5 Å². The van der Waals surface area contributed by atoms with Gasteiger partial charge < -0.3 is 13.7 Å². The summed E-state index contributed by atoms with van der Waals surface area (Å²) in [6.45, 7) is 0. The van der Waals surface area contributed by atoms with Gasteiger partial charge in [-0.25, -0.2) is 0 Å². The van der Waals surface area contributed by atoms with Gasteiger partial charge >= 0.3 is 0 Å². The molecule has 0 fully saturated rings. The van der Waals surface area contributed by atoms with Gasteiger partial charge in [0, 0.05) is 43.4 Å². The molecule has 0 spiro atoms. The lowest BCUT2D eigenvalue weighted by molar-refractivity contribution is 1.13. The van der Waals surface area contributed by atoms with Gasteiger partial charge in [0.05, 0.1) is 67.4 Å². The Bertz CT molecular complexity index is 3420. The van der Waals surface area contributed by atoms with Crippen molar-refractivity contribution in [3.63, 3.8) is 0 Å². The molecule has 0 radical (unpaired) electrons. The van der Waals surface area contributed by atoms with Crippen LogP contribution < -0.4 is 0 Å². The van der Waals surface area contributed by atoms with Crippen LogP contribution >= 0.6 is 0 Å². The Morgan fingerprint density at radius 1 is 0.345 bits per heavy atom. The van der Waals surface area contributed by atoms with Crippen LogP contribution in [0.15, 0.2) is 176 Å². The van der Waals surface area contributed by atoms with Gasteiger partial charge in [-0.3, -0.25) is 0 Å². The van der Waals surface area contributed by atoms with E-state index in [0.717, 1.165) is 82.8 Å². The molecular formula is C50H29N5. The van der Waals surface area contributed by atoms with Crippen molar-refractivity contribution in [3.05, 3.63) is 187 Å². The van der Waals surface area contributed by atoms with Crippen LogP contribution in [0.2, 0.25) is 0 Å². The molecule has 0 bridgehead atoms. The monoisotopic (exact) mass is 699 g/mol. The van der Waals surface area contributed by atoms with Crippen molar-refractivity contribution in [1.82, 2.24) is 13.7 Å². The van der Waals surface area contributed by atoms with E-state index in [1.54, 1.807) is 0 Å². The molecule has 55 heavy (non-hydrogen) atoms. The fourth-order valence-electron chi connectivity index (χ4n) is 8.88. The second-order valence-corrected chi connectivity index (χ2v) is 13.9. The van der Waals surface area contributed by atoms with Crippen molar-refractivity contribution >= 4 is 65.4 Å². The molecule has 5 nitrogen and oxygen atoms in total. The summed E-state index contributed by atoms with van der Waals surface area (Å²) in [6.07, 6.45) is 0. The van der Waals surface area contributed by atoms with Crippen molar-refractivity contribution in [2.75, 3.05) is 0 Å². The van der Waals surface area contributed by atoms with Gasteiger partial charge in [-0.05, 0) is 60.7 Å². The van der Waals surface area contributed by atoms with Gasteiger partial charge in [0.2, 0.25) is 0 Å². The first-order valence-corrected chi connectivity index (χ1v) is 18.3. The average molecular weight is 700 g/mol. The molecule has 0 aliphatic heterocycles. The number of aromatic nitrogens is 3. The summed E-state index contributed by atoms with van der Waals surface area (Å²) in [6, 6.07) is 66.0. The number of nitrogens with zero attached hydrogens (tertiary/aromatic N) is 5. The van der Waals surface area contributed by atoms with Gasteiger partial charge in [0.25, 0.3) is 0 Å². The largest absolute Gasteiger partial charge is 0.307 e. The van der Waals surface area contributed by atoms with Crippen molar-refractivity contribution in [2.45, 2.75) is 0 Å². The van der Waals surface area contributed by atoms with Crippen molar-refractivity contribution < 1.29 is 0 Å². The highest BCUT2D eigenvalue weighted by Crippen LogP contribution is 2.44. The zero-order valence-electron chi connectivity index (χ0n) is 29.5. The Morgan fingerprint density at radius 2 is 0.836 bits per heavy atom. The summed E-state index contributed by atoms with van der Waals surface area (Å²) in [5.74, 6) is 0. The Balaban J connectivity index is 1.27. The van der Waals surface area contributed by atoms with Crippen LogP contribution in [0.5, 0.6) is 0 Å². The van der Waals surface area contributed by atoms with Crippen LogP contribution in [-0.2, 0) is 0 Å². The summed E-state index contributed by atoms with van der Waals surface area (Å²) >= 11 is 0. The highest BCUT2D eigenvalue weighted by molar-refractivity contribution is 6.16. The number of hydrogen-bond donors (Lipinski definition) is 0. The maximum atomic E-state index is 10.8. The van der Waals surface area contributed by atoms with E-state index in [0.29, 0.717) is 11.1 Å². The molecule has 0 saturated heterocycles. The lowest BCUT2D eigenvalue weighted by Crippen LogP contribution is -2.05. The molecule has 0 aliphatic rings. The Labute approximate surface area is 316 Å². The minimum Gasteiger partial charge on any atom is -0.307 e. The summed E-state index contributed by atoms with van der Waals surface area (Å²) in [4.78, 5) is 0. The van der Waals surface area contributed by atoms with E-state index in [1.165, 1.54) is 10.8 Å². The first-order valence-electron chi connectivity index (χ1n) is 18.3. The van der Waals surface area contributed by atoms with Gasteiger partial charge in [-0.2, -0.15) is 10.5 Å². The number of para-hydroxylation sites is 7. The van der Waals surface area contributed by atoms with E-state index in [2.05, 4.69) is 159 Å². The molecule has 3 aromatic heterocycles. The summed E-state index contributed by atoms with van der Waals surface area (Å²) in [5.41, 5.74) is 12.4. The summed E-state index contributed by atoms with van der Waals surface area (Å²) < 4.78 is 7.01. The number of fused-ring (bicyclic) bond motifs is 9. The predicted octanol–water partition coefficient (Wildman–Crippen LogP) is 12.4. The SMILES string of the molecule is N#Cc1ccc2c(c1)c1ccccc1n2-c1c(C#N)cccc1-c1ccccc1-n1c2ccccc2c2cccc(-n3c4ccccc4c4ccccc43)c21. The van der Waals surface area contributed by atoms with Crippen molar-refractivity contribution in [2.24, 2.45) is 0 Å². The molecule has 3 heterocycles. The quantitative estimate of drug-likeness (QED) is 0.184. The third-order valence-corrected chi connectivity index (χ3v) is 11.1. The Morgan fingerprint density at radius 3 is 1.51 bits per heavy atom. The van der Waals surface area contributed by atoms with Crippen LogP contribution in [0.4, 0.5) is 0 Å². The summed E-state index contributed by atoms with van der Waals surface area (Å²) in [7, 11) is 0. The van der Waals surface area contributed by atoms with Gasteiger partial charge in [-0.15, -0.1) is 0 Å². The standard InChI is InChI=1S/C50H29N5/c51-30-32-27-28-47-41(29-32)38-18-5-10-25-46(38)54(47)49-33(31-52)13-11-19-39(49)36-16-3-8-23-44(36)55-45-24-9-4-17-37(45)40-20-12-26-48(50(40)55)53-42-21-6-1-14-34(42)35-15-2-7-22-43(35)53/h1-29H. The smallest absolute Gasteiger partial charge is 0.101 e. The minimum absolute atomic E-state index is 0.563. The molecule has 0 amide bonds. The molecule has 0 atom stereocenters. The van der Waals surface area contributed by atoms with E-state index in [1.807, 2.05) is 42.5 Å². The van der Waals surface area contributed by atoms with E-state index >= 15 is 0 Å². The molecule has 11 aromatic rings. The average Bonchev–Trinajstić information content (AvgIpc) is 3.89. The maximum absolute atomic E-state index is 10.8. The Kier molecular flexibility index (Phi) is 6.61. The third kappa shape index (κ3) is 4.33. The van der Waals surface area contributed by atoms with E-state index < -0.39 is 0 Å². The number of nitriles is 2. The normalized spacial score (nSPS) is 11.6. The topological polar surface area (TPSA) is 62.4 Å². The number of rotatable bonds is 4. The van der Waals surface area contributed by atoms with Crippen LogP contribution in [-0.4, -0.2) is 13.7 Å². The Hall–Kier alpha value is -7.86. The molecule has 0 N–H and O–H groups in total. The molecule has 0 unspecified atom stereocenters. The second kappa shape index (κ2) is 11.8. The van der Waals surface area contributed by atoms with Crippen LogP contribution in [0.3, 0.4) is 0 Å². The maximum Gasteiger partial charge on any atom is 0.101 e. The fraction of sp³-hybridized carbons (Fsp3) is 0. The van der Waals surface area contributed by atoms with Crippen LogP contribution in [0.1, 0.15) is 11.1 Å². The second-order valence-electron chi connectivity index (χ2n) is 13.9. The zero-order valence-corrected chi connectivity index (χ0v) is 29.5. The van der Waals surface area contributed by atoms with Crippen molar-refractivity contribution in [1.29, 1.82) is 10.5 Å². The highest BCUT2D eigenvalue weighted by atomic mass is 15.1. The molecule has 5 heteroatoms. The van der Waals surface area contributed by atoms with Gasteiger partial charge in [-0.1, -0.05) is 115 Å². The first kappa shape index (κ1) is 30.7. The van der Waals surface area contributed by atoms with Gasteiger partial charge in [0.15, 0.2) is 0 Å². The van der Waals surface area contributed by atoms with Crippen molar-refractivity contribution in [3.8, 4) is 40.3 Å². The molecule has 254 valence electrons. The molecule has 11 rings (SSSR count). The molecule has 0 saturated carbocycles. The van der Waals surface area contributed by atoms with Crippen LogP contribution in [0.25, 0.3) is 93.6 Å². The van der Waals surface area contributed by atoms with E-state index in [4.69, 9.17) is 0 Å². The first-order chi connectivity index (χ1) is 27.2. The molecule has 0 aliphatic carbocycles. The molecular weight excluding hydrogens is 671 g/mol. The molecule has 8 aromatic carbocycles. The van der Waals surface area contributed by atoms with Crippen LogP contribution in [0, 0.1) is 22.7 Å². The number of benzene rings is 8. The van der Waals surface area contributed by atoms with Gasteiger partial charge in [0.1, 0.15) is 6.07 Å². The number of hydrogen-bond acceptors (Lipinski definition) is 2. The lowest BCUT2D eigenvalue weighted by Gasteiger charge is -2.20. The summed E-state index contributed by atoms with van der Waals surface area (Å²) in [5, 5.41) is 27.3. The highest BCUT2D eigenvalue weighted by Gasteiger charge is 2.24.